The molecule has 1 aliphatic heterocycles. The molecule has 0 bridgehead atoms. The Hall–Kier alpha value is -2.92. The van der Waals surface area contributed by atoms with Crippen molar-refractivity contribution in [1.29, 1.82) is 0 Å². The molecule has 31 heavy (non-hydrogen) atoms. The van der Waals surface area contributed by atoms with Crippen LogP contribution in [0.1, 0.15) is 16.4 Å². The van der Waals surface area contributed by atoms with E-state index in [2.05, 4.69) is 0 Å². The largest absolute Gasteiger partial charge is 0.764 e. The topological polar surface area (TPSA) is 127 Å². The van der Waals surface area contributed by atoms with Crippen LogP contribution in [0.2, 0.25) is 0 Å². The maximum atomic E-state index is 13.3. The number of fused-ring (bicyclic) bond motifs is 1. The minimum Gasteiger partial charge on any atom is -0.764 e. The van der Waals surface area contributed by atoms with Gasteiger partial charge in [-0.3, -0.25) is 0 Å². The molecule has 1 aliphatic rings. The molecule has 2 unspecified atom stereocenters. The molecule has 4 rings (SSSR count). The van der Waals surface area contributed by atoms with Gasteiger partial charge in [-0.2, -0.15) is 0 Å². The van der Waals surface area contributed by atoms with E-state index >= 15 is 0 Å². The van der Waals surface area contributed by atoms with Crippen molar-refractivity contribution in [3.63, 3.8) is 0 Å². The van der Waals surface area contributed by atoms with E-state index in [0.29, 0.717) is 5.56 Å². The lowest BCUT2D eigenvalue weighted by Crippen LogP contribution is -2.16. The standard InChI is InChI=1S/C21H19NO7S2/c23-22(24)16-11-9-15(10-12-16)13-29-18-7-4-8-19-21(18)20(14-30(19,25)26)31(27,28)17-5-2-1-3-6-17/h1-12,20H,13-14H2,(H2-,23,24,25,26). The van der Waals surface area contributed by atoms with Crippen molar-refractivity contribution >= 4 is 26.1 Å². The van der Waals surface area contributed by atoms with Crippen LogP contribution in [0.25, 0.3) is 0 Å². The molecule has 0 radical (unpaired) electrons. The summed E-state index contributed by atoms with van der Waals surface area (Å²) in [5.41, 5.74) is 0.906. The minimum atomic E-state index is -3.93. The maximum absolute atomic E-state index is 13.3. The summed E-state index contributed by atoms with van der Waals surface area (Å²) < 4.78 is 55.6. The van der Waals surface area contributed by atoms with Crippen LogP contribution in [-0.4, -0.2) is 33.4 Å². The summed E-state index contributed by atoms with van der Waals surface area (Å²) >= 11 is 0. The van der Waals surface area contributed by atoms with Gasteiger partial charge in [0, 0.05) is 28.3 Å². The first-order chi connectivity index (χ1) is 14.7. The molecular weight excluding hydrogens is 442 g/mol. The SMILES string of the molecule is O=[N+](O)c1ccc(COc2cccc3c2C(S(=O)(=O)c2ccccc2)CS3([O-])O)cc1. The smallest absolute Gasteiger partial charge is 0.316 e. The van der Waals surface area contributed by atoms with Crippen LogP contribution >= 0.6 is 10.6 Å². The van der Waals surface area contributed by atoms with E-state index in [9.17, 15) is 22.4 Å². The third kappa shape index (κ3) is 4.02. The van der Waals surface area contributed by atoms with Gasteiger partial charge in [0.15, 0.2) is 9.84 Å². The van der Waals surface area contributed by atoms with Gasteiger partial charge in [0.05, 0.1) is 9.80 Å². The highest BCUT2D eigenvalue weighted by molar-refractivity contribution is 8.25. The summed E-state index contributed by atoms with van der Waals surface area (Å²) in [5.74, 6) is -0.234. The summed E-state index contributed by atoms with van der Waals surface area (Å²) in [6, 6.07) is 18.3. The molecule has 3 aromatic carbocycles. The number of rotatable bonds is 6. The molecular formula is C21H19NO7S2. The summed E-state index contributed by atoms with van der Waals surface area (Å²) in [7, 11) is -7.47. The Bertz CT molecular complexity index is 1230. The summed E-state index contributed by atoms with van der Waals surface area (Å²) in [6.45, 7) is 0.0335. The normalized spacial score (nSPS) is 22.3. The van der Waals surface area contributed by atoms with E-state index in [1.54, 1.807) is 42.5 Å². The third-order valence-electron chi connectivity index (χ3n) is 5.07. The molecule has 3 aromatic rings. The van der Waals surface area contributed by atoms with E-state index in [-0.39, 0.29) is 38.3 Å². The molecule has 1 heterocycles. The Morgan fingerprint density at radius 1 is 1.03 bits per heavy atom. The van der Waals surface area contributed by atoms with Gasteiger partial charge in [-0.1, -0.05) is 24.3 Å². The van der Waals surface area contributed by atoms with E-state index in [1.807, 2.05) is 0 Å². The number of benzene rings is 3. The van der Waals surface area contributed by atoms with E-state index < -0.39 is 31.4 Å². The molecule has 0 fully saturated rings. The molecule has 8 nitrogen and oxygen atoms in total. The lowest BCUT2D eigenvalue weighted by molar-refractivity contribution is -0.729. The number of hydrogen-bond donors (Lipinski definition) is 2. The quantitative estimate of drug-likeness (QED) is 0.522. The van der Waals surface area contributed by atoms with Gasteiger partial charge < -0.3 is 24.4 Å². The minimum absolute atomic E-state index is 0.0335. The van der Waals surface area contributed by atoms with E-state index in [0.717, 1.165) is 0 Å². The molecule has 10 heteroatoms. The van der Waals surface area contributed by atoms with Crippen molar-refractivity contribution in [3.8, 4) is 5.75 Å². The van der Waals surface area contributed by atoms with Gasteiger partial charge in [0.25, 0.3) is 4.92 Å². The highest BCUT2D eigenvalue weighted by Gasteiger charge is 2.41. The Labute approximate surface area is 180 Å². The molecule has 2 atom stereocenters. The Morgan fingerprint density at radius 3 is 2.35 bits per heavy atom. The van der Waals surface area contributed by atoms with Gasteiger partial charge in [-0.15, -0.1) is 0 Å². The van der Waals surface area contributed by atoms with E-state index in [4.69, 9.17) is 9.94 Å². The first-order valence-corrected chi connectivity index (χ1v) is 12.5. The number of nitrogens with zero attached hydrogens (tertiary/aromatic N) is 1. The molecule has 0 saturated heterocycles. The van der Waals surface area contributed by atoms with Crippen LogP contribution in [0.4, 0.5) is 5.69 Å². The second kappa shape index (κ2) is 7.97. The monoisotopic (exact) mass is 461 g/mol. The van der Waals surface area contributed by atoms with Gasteiger partial charge in [0.2, 0.25) is 0 Å². The second-order valence-corrected chi connectivity index (χ2v) is 11.2. The second-order valence-electron chi connectivity index (χ2n) is 7.05. The Balaban J connectivity index is 1.69. The first-order valence-electron chi connectivity index (χ1n) is 9.24. The first kappa shape index (κ1) is 21.3. The highest BCUT2D eigenvalue weighted by Crippen LogP contribution is 2.63. The molecule has 2 N–H and O–H groups in total. The van der Waals surface area contributed by atoms with Gasteiger partial charge in [0.1, 0.15) is 17.6 Å². The summed E-state index contributed by atoms with van der Waals surface area (Å²) in [6.07, 6.45) is 0. The van der Waals surface area contributed by atoms with Crippen molar-refractivity contribution in [3.05, 3.63) is 88.8 Å². The highest BCUT2D eigenvalue weighted by atomic mass is 32.3. The van der Waals surface area contributed by atoms with Crippen LogP contribution < -0.4 is 4.74 Å². The average Bonchev–Trinajstić information content (AvgIpc) is 3.05. The molecule has 0 aliphatic carbocycles. The summed E-state index contributed by atoms with van der Waals surface area (Å²) in [4.78, 5) is 10.8. The fourth-order valence-electron chi connectivity index (χ4n) is 3.52. The fourth-order valence-corrected chi connectivity index (χ4v) is 7.92. The number of ether oxygens (including phenoxy) is 1. The zero-order valence-corrected chi connectivity index (χ0v) is 17.8. The van der Waals surface area contributed by atoms with Gasteiger partial charge in [-0.25, -0.2) is 13.6 Å². The van der Waals surface area contributed by atoms with Crippen LogP contribution in [0, 0.1) is 4.91 Å². The number of sulfone groups is 1. The molecule has 162 valence electrons. The van der Waals surface area contributed by atoms with Crippen LogP contribution in [0.5, 0.6) is 5.75 Å². The van der Waals surface area contributed by atoms with Crippen molar-refractivity contribution in [2.75, 3.05) is 5.75 Å². The van der Waals surface area contributed by atoms with Crippen molar-refractivity contribution in [2.45, 2.75) is 21.6 Å². The Morgan fingerprint density at radius 2 is 1.71 bits per heavy atom. The van der Waals surface area contributed by atoms with Gasteiger partial charge in [-0.05, 0) is 42.0 Å². The molecule has 0 saturated carbocycles. The average molecular weight is 462 g/mol. The lowest BCUT2D eigenvalue weighted by Gasteiger charge is -2.42. The fraction of sp³-hybridized carbons (Fsp3) is 0.143. The third-order valence-corrected chi connectivity index (χ3v) is 9.19. The van der Waals surface area contributed by atoms with Crippen molar-refractivity contribution in [2.24, 2.45) is 0 Å². The maximum Gasteiger partial charge on any atom is 0.316 e. The lowest BCUT2D eigenvalue weighted by atomic mass is 10.1. The van der Waals surface area contributed by atoms with E-state index in [1.165, 1.54) is 30.3 Å². The van der Waals surface area contributed by atoms with Crippen LogP contribution in [-0.2, 0) is 16.4 Å². The van der Waals surface area contributed by atoms with Crippen LogP contribution in [0.15, 0.2) is 82.6 Å². The molecule has 0 amide bonds. The molecule has 0 aromatic heterocycles. The van der Waals surface area contributed by atoms with Crippen molar-refractivity contribution < 1.29 is 32.4 Å². The predicted molar refractivity (Wildman–Crippen MR) is 113 cm³/mol. The van der Waals surface area contributed by atoms with Crippen molar-refractivity contribution in [1.82, 2.24) is 0 Å². The Kier molecular flexibility index (Phi) is 5.48. The molecule has 0 spiro atoms. The van der Waals surface area contributed by atoms with Crippen LogP contribution in [0.3, 0.4) is 0 Å². The van der Waals surface area contributed by atoms with Gasteiger partial charge >= 0.3 is 5.69 Å². The summed E-state index contributed by atoms with van der Waals surface area (Å²) in [5, 5.41) is 7.70. The zero-order valence-electron chi connectivity index (χ0n) is 16.1. The predicted octanol–water partition coefficient (Wildman–Crippen LogP) is 4.36. The number of hydrogen-bond acceptors (Lipinski definition) is 6. The zero-order chi connectivity index (χ0) is 22.2.